The summed E-state index contributed by atoms with van der Waals surface area (Å²) in [7, 11) is 0. The van der Waals surface area contributed by atoms with Crippen molar-refractivity contribution in [3.63, 3.8) is 0 Å². The molecule has 0 aliphatic heterocycles. The molecule has 34 heavy (non-hydrogen) atoms. The molecule has 0 unspecified atom stereocenters. The second-order valence-electron chi connectivity index (χ2n) is 10.6. The fraction of sp³-hybridized carbons (Fsp3) is 0.968. The number of isocyanates is 1. The fourth-order valence-electron chi connectivity index (χ4n) is 4.94. The lowest BCUT2D eigenvalue weighted by Crippen LogP contribution is -1.85. The first-order valence-corrected chi connectivity index (χ1v) is 16.2. The highest BCUT2D eigenvalue weighted by Gasteiger charge is 1.96. The predicted octanol–water partition coefficient (Wildman–Crippen LogP) is 11.2. The van der Waals surface area contributed by atoms with Crippen LogP contribution in [0.3, 0.4) is 0 Å². The first-order valence-electron chi connectivity index (χ1n) is 15.6. The van der Waals surface area contributed by atoms with E-state index in [0.717, 1.165) is 12.2 Å². The molecule has 0 radical (unpaired) electrons. The van der Waals surface area contributed by atoms with E-state index in [2.05, 4.69) is 17.6 Å². The Kier molecular flexibility index (Phi) is 32.5. The maximum absolute atomic E-state index is 9.97. The standard InChI is InChI=1S/C31H61NOS/c33-31-32-29-27-25-23-21-19-17-15-13-11-9-7-5-3-1-2-4-6-8-10-12-14-16-18-20-22-24-26-28-30-34/h34H,1-30H2. The Bertz CT molecular complexity index is 408. The molecular weight excluding hydrogens is 434 g/mol. The van der Waals surface area contributed by atoms with E-state index in [-0.39, 0.29) is 0 Å². The van der Waals surface area contributed by atoms with Crippen LogP contribution in [0.5, 0.6) is 0 Å². The molecule has 3 heteroatoms. The largest absolute Gasteiger partial charge is 0.234 e. The van der Waals surface area contributed by atoms with Gasteiger partial charge >= 0.3 is 0 Å². The predicted molar refractivity (Wildman–Crippen MR) is 156 cm³/mol. The van der Waals surface area contributed by atoms with Crippen molar-refractivity contribution in [2.75, 3.05) is 12.3 Å². The van der Waals surface area contributed by atoms with Gasteiger partial charge in [0.15, 0.2) is 0 Å². The zero-order chi connectivity index (χ0) is 24.6. The highest BCUT2D eigenvalue weighted by Crippen LogP contribution is 2.16. The van der Waals surface area contributed by atoms with Gasteiger partial charge in [-0.1, -0.05) is 167 Å². The summed E-state index contributed by atoms with van der Waals surface area (Å²) in [5, 5.41) is 0. The molecule has 0 rings (SSSR count). The summed E-state index contributed by atoms with van der Waals surface area (Å²) in [6.07, 6.45) is 41.1. The zero-order valence-corrected chi connectivity index (χ0v) is 23.9. The molecule has 2 nitrogen and oxygen atoms in total. The van der Waals surface area contributed by atoms with Gasteiger partial charge in [0.1, 0.15) is 0 Å². The smallest absolute Gasteiger partial charge is 0.211 e. The van der Waals surface area contributed by atoms with Crippen molar-refractivity contribution in [1.82, 2.24) is 0 Å². The number of unbranched alkanes of at least 4 members (excludes halogenated alkanes) is 27. The third-order valence-corrected chi connectivity index (χ3v) is 7.56. The number of carbonyl (C=O) groups excluding carboxylic acids is 1. The van der Waals surface area contributed by atoms with Crippen LogP contribution in [0.25, 0.3) is 0 Å². The molecule has 0 saturated carbocycles. The molecule has 0 bridgehead atoms. The van der Waals surface area contributed by atoms with Crippen LogP contribution < -0.4 is 0 Å². The van der Waals surface area contributed by atoms with E-state index in [4.69, 9.17) is 0 Å². The van der Waals surface area contributed by atoms with E-state index < -0.39 is 0 Å². The van der Waals surface area contributed by atoms with E-state index in [0.29, 0.717) is 6.54 Å². The third kappa shape index (κ3) is 31.7. The van der Waals surface area contributed by atoms with Gasteiger partial charge in [0, 0.05) is 0 Å². The second-order valence-corrected chi connectivity index (χ2v) is 11.0. The molecule has 0 aliphatic rings. The monoisotopic (exact) mass is 495 g/mol. The minimum Gasteiger partial charge on any atom is -0.211 e. The number of nitrogens with zero attached hydrogens (tertiary/aromatic N) is 1. The molecule has 0 atom stereocenters. The zero-order valence-electron chi connectivity index (χ0n) is 23.0. The normalized spacial score (nSPS) is 11.1. The Morgan fingerprint density at radius 3 is 0.765 bits per heavy atom. The second kappa shape index (κ2) is 32.7. The number of hydrogen-bond donors (Lipinski definition) is 1. The van der Waals surface area contributed by atoms with Gasteiger partial charge < -0.3 is 0 Å². The highest BCUT2D eigenvalue weighted by atomic mass is 32.1. The van der Waals surface area contributed by atoms with Crippen LogP contribution >= 0.6 is 12.6 Å². The van der Waals surface area contributed by atoms with Gasteiger partial charge in [-0.25, -0.2) is 9.79 Å². The molecule has 0 aliphatic carbocycles. The Hall–Kier alpha value is -0.270. The van der Waals surface area contributed by atoms with Crippen LogP contribution in [-0.4, -0.2) is 18.4 Å². The molecule has 0 aromatic carbocycles. The van der Waals surface area contributed by atoms with Gasteiger partial charge in [0.05, 0.1) is 6.54 Å². The van der Waals surface area contributed by atoms with E-state index in [9.17, 15) is 4.79 Å². The summed E-state index contributed by atoms with van der Waals surface area (Å²) >= 11 is 4.28. The van der Waals surface area contributed by atoms with Gasteiger partial charge in [0.25, 0.3) is 0 Å². The molecule has 0 N–H and O–H groups in total. The van der Waals surface area contributed by atoms with Gasteiger partial charge in [-0.3, -0.25) is 0 Å². The van der Waals surface area contributed by atoms with Crippen molar-refractivity contribution in [3.8, 4) is 0 Å². The maximum Gasteiger partial charge on any atom is 0.234 e. The summed E-state index contributed by atoms with van der Waals surface area (Å²) in [5.74, 6) is 1.06. The topological polar surface area (TPSA) is 29.4 Å². The van der Waals surface area contributed by atoms with E-state index in [1.165, 1.54) is 173 Å². The Labute approximate surface area is 220 Å². The SMILES string of the molecule is O=C=NCCCCCCCCCCCCCCCCCCCCCCCCCCCCCCS. The van der Waals surface area contributed by atoms with Crippen molar-refractivity contribution in [1.29, 1.82) is 0 Å². The van der Waals surface area contributed by atoms with E-state index in [1.54, 1.807) is 6.08 Å². The van der Waals surface area contributed by atoms with Crippen LogP contribution in [0.15, 0.2) is 4.99 Å². The number of hydrogen-bond acceptors (Lipinski definition) is 3. The molecule has 0 fully saturated rings. The van der Waals surface area contributed by atoms with E-state index >= 15 is 0 Å². The van der Waals surface area contributed by atoms with Crippen molar-refractivity contribution in [3.05, 3.63) is 0 Å². The molecule has 0 amide bonds. The van der Waals surface area contributed by atoms with Crippen molar-refractivity contribution in [2.24, 2.45) is 4.99 Å². The molecule has 202 valence electrons. The fourth-order valence-corrected chi connectivity index (χ4v) is 5.17. The van der Waals surface area contributed by atoms with Gasteiger partial charge in [-0.15, -0.1) is 0 Å². The lowest BCUT2D eigenvalue weighted by atomic mass is 10.0. The number of aliphatic imine (C=N–C) groups is 1. The van der Waals surface area contributed by atoms with Crippen LogP contribution in [0.1, 0.15) is 180 Å². The Balaban J connectivity index is 3.01. The minimum atomic E-state index is 0.668. The average Bonchev–Trinajstić information content (AvgIpc) is 2.85. The molecule has 0 aromatic heterocycles. The van der Waals surface area contributed by atoms with Crippen LogP contribution in [0, 0.1) is 0 Å². The summed E-state index contributed by atoms with van der Waals surface area (Å²) in [6, 6.07) is 0. The first-order chi connectivity index (χ1) is 16.9. The van der Waals surface area contributed by atoms with Crippen LogP contribution in [0.2, 0.25) is 0 Å². The first kappa shape index (κ1) is 33.7. The molecule has 0 spiro atoms. The van der Waals surface area contributed by atoms with Crippen LogP contribution in [0.4, 0.5) is 0 Å². The van der Waals surface area contributed by atoms with Gasteiger partial charge in [0.2, 0.25) is 6.08 Å². The van der Waals surface area contributed by atoms with Gasteiger partial charge in [-0.05, 0) is 18.6 Å². The number of thiol groups is 1. The van der Waals surface area contributed by atoms with Gasteiger partial charge in [-0.2, -0.15) is 12.6 Å². The highest BCUT2D eigenvalue weighted by molar-refractivity contribution is 7.80. The Morgan fingerprint density at radius 1 is 0.353 bits per heavy atom. The summed E-state index contributed by atoms with van der Waals surface area (Å²) in [6.45, 7) is 0.668. The molecule has 0 heterocycles. The maximum atomic E-state index is 9.97. The summed E-state index contributed by atoms with van der Waals surface area (Å²) < 4.78 is 0. The van der Waals surface area contributed by atoms with Crippen molar-refractivity contribution in [2.45, 2.75) is 180 Å². The quantitative estimate of drug-likeness (QED) is 0.0456. The summed E-state index contributed by atoms with van der Waals surface area (Å²) in [5.41, 5.74) is 0. The van der Waals surface area contributed by atoms with Crippen molar-refractivity contribution >= 4 is 18.7 Å². The molecule has 0 saturated heterocycles. The van der Waals surface area contributed by atoms with E-state index in [1.807, 2.05) is 0 Å². The lowest BCUT2D eigenvalue weighted by Gasteiger charge is -2.04. The lowest BCUT2D eigenvalue weighted by molar-refractivity contribution is 0.514. The van der Waals surface area contributed by atoms with Crippen LogP contribution in [-0.2, 0) is 4.79 Å². The summed E-state index contributed by atoms with van der Waals surface area (Å²) in [4.78, 5) is 13.6. The third-order valence-electron chi connectivity index (χ3n) is 7.24. The van der Waals surface area contributed by atoms with Crippen molar-refractivity contribution < 1.29 is 4.79 Å². The average molecular weight is 496 g/mol. The Morgan fingerprint density at radius 2 is 0.559 bits per heavy atom. The molecular formula is C31H61NOS. The molecule has 0 aromatic rings. The minimum absolute atomic E-state index is 0.668. The number of rotatable bonds is 30.